The number of para-hydroxylation sites is 1. The maximum Gasteiger partial charge on any atom is 0.248 e. The number of fused-ring (bicyclic) bond motifs is 1. The fraction of sp³-hybridized carbons (Fsp3) is 0.519. The van der Waals surface area contributed by atoms with E-state index in [-0.39, 0.29) is 63.3 Å². The summed E-state index contributed by atoms with van der Waals surface area (Å²) in [5, 5.41) is 54.6. The van der Waals surface area contributed by atoms with Crippen molar-refractivity contribution in [1.82, 2.24) is 57.7 Å². The lowest BCUT2D eigenvalue weighted by Gasteiger charge is -2.32. The van der Waals surface area contributed by atoms with Crippen molar-refractivity contribution >= 4 is 81.8 Å². The third-order valence-electron chi connectivity index (χ3n) is 13.8. The molecule has 0 unspecified atom stereocenters. The summed E-state index contributed by atoms with van der Waals surface area (Å²) < 4.78 is 0. The number of nitrogens with one attached hydrogen (secondary N) is 10. The number of rotatable bonds is 29. The molecule has 446 valence electrons. The van der Waals surface area contributed by atoms with Gasteiger partial charge in [0, 0.05) is 42.9 Å². The van der Waals surface area contributed by atoms with E-state index in [1.165, 1.54) is 20.8 Å². The van der Waals surface area contributed by atoms with E-state index in [1.807, 2.05) is 0 Å². The van der Waals surface area contributed by atoms with Crippen molar-refractivity contribution in [2.24, 2.45) is 17.4 Å². The summed E-state index contributed by atoms with van der Waals surface area (Å²) in [6.07, 6.45) is -3.54. The molecule has 0 bridgehead atoms. The van der Waals surface area contributed by atoms with Gasteiger partial charge in [0.05, 0.1) is 31.3 Å². The zero-order chi connectivity index (χ0) is 60.5. The lowest BCUT2D eigenvalue weighted by molar-refractivity contribution is -0.145. The summed E-state index contributed by atoms with van der Waals surface area (Å²) in [5.74, 6) is -10.9. The van der Waals surface area contributed by atoms with Crippen LogP contribution in [0.4, 0.5) is 0 Å². The summed E-state index contributed by atoms with van der Waals surface area (Å²) >= 11 is 0. The molecule has 1 aromatic heterocycles. The first-order valence-electron chi connectivity index (χ1n) is 26.9. The quantitative estimate of drug-likeness (QED) is 0.0311. The van der Waals surface area contributed by atoms with E-state index >= 15 is 0 Å². The number of aromatic nitrogens is 1. The molecule has 12 amide bonds. The van der Waals surface area contributed by atoms with Crippen LogP contribution in [-0.2, 0) is 70.4 Å². The van der Waals surface area contributed by atoms with Crippen LogP contribution in [0.25, 0.3) is 10.9 Å². The van der Waals surface area contributed by atoms with Gasteiger partial charge in [-0.1, -0.05) is 62.4 Å². The molecule has 28 heteroatoms. The number of nitrogens with two attached hydrogens (primary N) is 2. The van der Waals surface area contributed by atoms with Crippen LogP contribution in [0.3, 0.4) is 0 Å². The molecule has 3 heterocycles. The van der Waals surface area contributed by atoms with E-state index < -0.39 is 151 Å². The molecular formula is C54H75N13O15. The van der Waals surface area contributed by atoms with Crippen LogP contribution in [0.15, 0.2) is 60.8 Å². The third kappa shape index (κ3) is 18.3. The van der Waals surface area contributed by atoms with Crippen molar-refractivity contribution < 1.29 is 72.9 Å². The Morgan fingerprint density at radius 2 is 1.22 bits per heavy atom. The molecule has 2 aliphatic rings. The molecule has 0 radical (unpaired) electrons. The van der Waals surface area contributed by atoms with Gasteiger partial charge < -0.3 is 84.5 Å². The molecule has 2 aromatic carbocycles. The number of carbonyl (C=O) groups excluding carboxylic acids is 12. The number of likely N-dealkylation sites (tertiary alicyclic amines) is 1. The molecule has 17 N–H and O–H groups in total. The van der Waals surface area contributed by atoms with E-state index in [1.54, 1.807) is 74.6 Å². The Bertz CT molecular complexity index is 2820. The minimum atomic E-state index is -1.77. The molecule has 0 saturated carbocycles. The molecule has 3 aromatic rings. The summed E-state index contributed by atoms with van der Waals surface area (Å²) in [5.41, 5.74) is 12.6. The maximum absolute atomic E-state index is 14.5. The predicted octanol–water partition coefficient (Wildman–Crippen LogP) is -4.72. The number of aromatic amines is 1. The van der Waals surface area contributed by atoms with Crippen LogP contribution in [0, 0.1) is 5.92 Å². The third-order valence-corrected chi connectivity index (χ3v) is 13.8. The highest BCUT2D eigenvalue weighted by atomic mass is 16.3. The van der Waals surface area contributed by atoms with Crippen molar-refractivity contribution in [2.75, 3.05) is 13.1 Å². The molecule has 2 saturated heterocycles. The first kappa shape index (κ1) is 64.3. The molecule has 12 atom stereocenters. The van der Waals surface area contributed by atoms with Crippen LogP contribution < -0.4 is 59.3 Å². The van der Waals surface area contributed by atoms with Gasteiger partial charge in [-0.25, -0.2) is 0 Å². The van der Waals surface area contributed by atoms with Crippen molar-refractivity contribution in [3.8, 4) is 0 Å². The fourth-order valence-electron chi connectivity index (χ4n) is 9.51. The van der Waals surface area contributed by atoms with Gasteiger partial charge in [0.15, 0.2) is 0 Å². The lowest BCUT2D eigenvalue weighted by atomic mass is 10.0. The Morgan fingerprint density at radius 1 is 0.634 bits per heavy atom. The van der Waals surface area contributed by atoms with Gasteiger partial charge in [-0.05, 0) is 69.6 Å². The number of primary amides is 2. The smallest absolute Gasteiger partial charge is 0.248 e. The molecule has 2 fully saturated rings. The van der Waals surface area contributed by atoms with E-state index in [9.17, 15) is 72.9 Å². The summed E-state index contributed by atoms with van der Waals surface area (Å²) in [6.45, 7) is 6.38. The Morgan fingerprint density at radius 3 is 1.83 bits per heavy atom. The zero-order valence-electron chi connectivity index (χ0n) is 46.2. The normalized spacial score (nSPS) is 18.6. The molecule has 0 aliphatic carbocycles. The lowest BCUT2D eigenvalue weighted by Crippen LogP contribution is -2.63. The zero-order valence-corrected chi connectivity index (χ0v) is 46.2. The number of hydrogen-bond acceptors (Lipinski definition) is 15. The number of hydrogen-bond donors (Lipinski definition) is 15. The molecular weight excluding hydrogens is 1070 g/mol. The second kappa shape index (κ2) is 29.8. The van der Waals surface area contributed by atoms with Crippen LogP contribution in [0.1, 0.15) is 84.3 Å². The first-order chi connectivity index (χ1) is 38.7. The number of H-pyrrole nitrogens is 1. The predicted molar refractivity (Wildman–Crippen MR) is 292 cm³/mol. The van der Waals surface area contributed by atoms with Gasteiger partial charge >= 0.3 is 0 Å². The van der Waals surface area contributed by atoms with Gasteiger partial charge in [0.2, 0.25) is 70.9 Å². The van der Waals surface area contributed by atoms with E-state index in [0.29, 0.717) is 22.0 Å². The Labute approximate surface area is 472 Å². The SMILES string of the molecule is CC(C)C[C@H](NC(=O)[C@@H]1CCC(=O)N1)C(=O)N[C@H](C(=O)N[C@@H](Cc1ccccc1)C(=O)N[C@H](C(=O)N1CCC[C@H]1C(=O)N[C@@H](CC(N)=O)C(=O)N[C@@H](Cc1c[nH]c2ccccc12)C(=O)NCC(=O)N[C@H](C(N)=O)[C@@H](C)O)[C@@H](C)O)[C@@H](C)O. The van der Waals surface area contributed by atoms with Crippen molar-refractivity contribution in [3.63, 3.8) is 0 Å². The van der Waals surface area contributed by atoms with Crippen molar-refractivity contribution in [2.45, 2.75) is 159 Å². The average Bonchev–Trinajstić information content (AvgIpc) is 4.40. The van der Waals surface area contributed by atoms with E-state index in [2.05, 4.69) is 52.8 Å². The molecule has 28 nitrogen and oxygen atoms in total. The topological polar surface area (TPSA) is 445 Å². The van der Waals surface area contributed by atoms with Gasteiger partial charge in [0.1, 0.15) is 54.4 Å². The summed E-state index contributed by atoms with van der Waals surface area (Å²) in [4.78, 5) is 165. The number of amides is 12. The minimum absolute atomic E-state index is 0.000279. The largest absolute Gasteiger partial charge is 0.391 e. The second-order valence-corrected chi connectivity index (χ2v) is 21.0. The van der Waals surface area contributed by atoms with Crippen molar-refractivity contribution in [3.05, 3.63) is 71.9 Å². The molecule has 0 spiro atoms. The number of aliphatic hydroxyl groups excluding tert-OH is 3. The monoisotopic (exact) mass is 1150 g/mol. The highest BCUT2D eigenvalue weighted by molar-refractivity contribution is 6.00. The van der Waals surface area contributed by atoms with Gasteiger partial charge in [0.25, 0.3) is 0 Å². The van der Waals surface area contributed by atoms with E-state index in [4.69, 9.17) is 11.5 Å². The van der Waals surface area contributed by atoms with Crippen LogP contribution in [-0.4, -0.2) is 182 Å². The Hall–Kier alpha value is -8.50. The number of aliphatic hydroxyl groups is 3. The van der Waals surface area contributed by atoms with Crippen LogP contribution >= 0.6 is 0 Å². The first-order valence-corrected chi connectivity index (χ1v) is 26.9. The number of benzene rings is 2. The number of nitrogens with zero attached hydrogens (tertiary/aromatic N) is 1. The van der Waals surface area contributed by atoms with Crippen LogP contribution in [0.5, 0.6) is 0 Å². The molecule has 2 aliphatic heterocycles. The maximum atomic E-state index is 14.5. The summed E-state index contributed by atoms with van der Waals surface area (Å²) in [7, 11) is 0. The standard InChI is InChI=1S/C54H75N13O15/c1-26(2)20-35(60-48(76)34-17-18-41(72)59-34)50(78)65-44(28(4)69)53(81)63-36(21-30-12-7-6-8-13-30)51(79)66-45(29(5)70)54(82)67-19-11-16-39(67)52(80)62-38(23-40(55)71)49(77)61-37(22-31-24-57-33-15-10-9-14-32(31)33)47(75)58-25-42(73)64-43(27(3)68)46(56)74/h6-10,12-15,24,26-29,34-39,43-45,57,68-70H,11,16-23,25H2,1-5H3,(H2,55,71)(H2,56,74)(H,58,75)(H,59,72)(H,60,76)(H,61,77)(H,62,80)(H,63,81)(H,64,73)(H,65,78)(H,66,79)/t27-,28-,29-,34+,35+,36+,37+,38+,39+,43+,44+,45+/m1/s1. The Kier molecular flexibility index (Phi) is 23.4. The average molecular weight is 1150 g/mol. The molecule has 82 heavy (non-hydrogen) atoms. The van der Waals surface area contributed by atoms with Gasteiger partial charge in [-0.15, -0.1) is 0 Å². The highest BCUT2D eigenvalue weighted by Gasteiger charge is 2.42. The van der Waals surface area contributed by atoms with Gasteiger partial charge in [-0.3, -0.25) is 57.5 Å². The van der Waals surface area contributed by atoms with E-state index in [0.717, 1.165) is 4.90 Å². The minimum Gasteiger partial charge on any atom is -0.391 e. The second-order valence-electron chi connectivity index (χ2n) is 21.0. The van der Waals surface area contributed by atoms with Crippen molar-refractivity contribution in [1.29, 1.82) is 0 Å². The number of carbonyl (C=O) groups is 12. The van der Waals surface area contributed by atoms with Gasteiger partial charge in [-0.2, -0.15) is 0 Å². The highest BCUT2D eigenvalue weighted by Crippen LogP contribution is 2.22. The molecule has 5 rings (SSSR count). The Balaban J connectivity index is 1.32. The summed E-state index contributed by atoms with van der Waals surface area (Å²) in [6, 6.07) is 2.18. The van der Waals surface area contributed by atoms with Crippen LogP contribution in [0.2, 0.25) is 0 Å². The fourth-order valence-corrected chi connectivity index (χ4v) is 9.51.